The van der Waals surface area contributed by atoms with Gasteiger partial charge in [0, 0.05) is 39.7 Å². The van der Waals surface area contributed by atoms with Crippen molar-refractivity contribution in [1.82, 2.24) is 9.80 Å². The van der Waals surface area contributed by atoms with Gasteiger partial charge in [-0.15, -0.1) is 0 Å². The van der Waals surface area contributed by atoms with Crippen molar-refractivity contribution in [2.45, 2.75) is 31.9 Å². The van der Waals surface area contributed by atoms with Gasteiger partial charge in [-0.2, -0.15) is 0 Å². The maximum Gasteiger partial charge on any atom is 0.228 e. The molecule has 1 aromatic rings. The molecule has 2 aliphatic heterocycles. The molecule has 1 aromatic carbocycles. The van der Waals surface area contributed by atoms with Crippen molar-refractivity contribution < 1.29 is 18.7 Å². The molecule has 24 heavy (non-hydrogen) atoms. The molecular formula is C18H23FN2O3. The number of ether oxygens (including phenoxy) is 1. The molecule has 0 N–H and O–H groups in total. The van der Waals surface area contributed by atoms with Crippen LogP contribution in [0.1, 0.15) is 24.8 Å². The highest BCUT2D eigenvalue weighted by Gasteiger charge is 2.35. The number of nitrogens with zero attached hydrogens (tertiary/aromatic N) is 2. The zero-order valence-corrected chi connectivity index (χ0v) is 13.9. The Labute approximate surface area is 141 Å². The van der Waals surface area contributed by atoms with Crippen molar-refractivity contribution >= 4 is 11.8 Å². The van der Waals surface area contributed by atoms with Crippen LogP contribution in [0.25, 0.3) is 0 Å². The topological polar surface area (TPSA) is 49.9 Å². The van der Waals surface area contributed by atoms with Crippen LogP contribution in [0.2, 0.25) is 0 Å². The fourth-order valence-electron chi connectivity index (χ4n) is 3.41. The predicted molar refractivity (Wildman–Crippen MR) is 86.5 cm³/mol. The summed E-state index contributed by atoms with van der Waals surface area (Å²) in [7, 11) is 1.71. The van der Waals surface area contributed by atoms with Crippen LogP contribution in [-0.2, 0) is 20.9 Å². The molecule has 0 aliphatic carbocycles. The summed E-state index contributed by atoms with van der Waals surface area (Å²) in [4.78, 5) is 28.0. The fraction of sp³-hybridized carbons (Fsp3) is 0.556. The van der Waals surface area contributed by atoms with E-state index in [4.69, 9.17) is 4.74 Å². The van der Waals surface area contributed by atoms with E-state index in [2.05, 4.69) is 0 Å². The summed E-state index contributed by atoms with van der Waals surface area (Å²) < 4.78 is 19.1. The first kappa shape index (κ1) is 16.9. The maximum absolute atomic E-state index is 13.4. The molecule has 0 unspecified atom stereocenters. The number of halogens is 1. The van der Waals surface area contributed by atoms with Crippen LogP contribution in [0, 0.1) is 11.7 Å². The Morgan fingerprint density at radius 2 is 2.29 bits per heavy atom. The molecule has 0 spiro atoms. The van der Waals surface area contributed by atoms with Gasteiger partial charge in [-0.25, -0.2) is 4.39 Å². The molecule has 130 valence electrons. The quantitative estimate of drug-likeness (QED) is 0.825. The zero-order chi connectivity index (χ0) is 17.1. The van der Waals surface area contributed by atoms with Gasteiger partial charge in [-0.1, -0.05) is 12.1 Å². The molecule has 0 bridgehead atoms. The molecule has 2 fully saturated rings. The molecule has 0 aromatic heterocycles. The van der Waals surface area contributed by atoms with E-state index in [1.54, 1.807) is 22.9 Å². The van der Waals surface area contributed by atoms with Crippen LogP contribution in [0.5, 0.6) is 0 Å². The van der Waals surface area contributed by atoms with Crippen molar-refractivity contribution in [3.8, 4) is 0 Å². The molecule has 2 saturated heterocycles. The Balaban J connectivity index is 1.73. The highest BCUT2D eigenvalue weighted by molar-refractivity contribution is 5.89. The zero-order valence-electron chi connectivity index (χ0n) is 13.9. The number of likely N-dealkylation sites (tertiary alicyclic amines) is 1. The number of amides is 2. The largest absolute Gasteiger partial charge is 0.376 e. The standard InChI is InChI=1S/C18H23FN2O3/c1-20-11-14(9-17(20)22)18(23)21(12-16-6-3-7-24-16)10-13-4-2-5-15(19)8-13/h2,4-5,8,14,16H,3,6-7,9-12H2,1H3/t14-,16-/m0/s1. The number of benzene rings is 1. The number of carbonyl (C=O) groups is 2. The Morgan fingerprint density at radius 1 is 1.46 bits per heavy atom. The second-order valence-electron chi connectivity index (χ2n) is 6.66. The molecule has 0 saturated carbocycles. The summed E-state index contributed by atoms with van der Waals surface area (Å²) in [5.41, 5.74) is 0.749. The number of carbonyl (C=O) groups excluding carboxylic acids is 2. The van der Waals surface area contributed by atoms with Crippen molar-refractivity contribution in [1.29, 1.82) is 0 Å². The Bertz CT molecular complexity index is 616. The van der Waals surface area contributed by atoms with Gasteiger partial charge in [0.15, 0.2) is 0 Å². The second-order valence-corrected chi connectivity index (χ2v) is 6.66. The summed E-state index contributed by atoms with van der Waals surface area (Å²) in [6, 6.07) is 6.29. The summed E-state index contributed by atoms with van der Waals surface area (Å²) >= 11 is 0. The molecule has 0 radical (unpaired) electrons. The smallest absolute Gasteiger partial charge is 0.228 e. The van der Waals surface area contributed by atoms with E-state index in [1.165, 1.54) is 12.1 Å². The van der Waals surface area contributed by atoms with Gasteiger partial charge in [-0.05, 0) is 30.5 Å². The third kappa shape index (κ3) is 3.93. The summed E-state index contributed by atoms with van der Waals surface area (Å²) in [5, 5.41) is 0. The average molecular weight is 334 g/mol. The lowest BCUT2D eigenvalue weighted by molar-refractivity contribution is -0.138. The van der Waals surface area contributed by atoms with Crippen LogP contribution < -0.4 is 0 Å². The second kappa shape index (κ2) is 7.30. The third-order valence-corrected chi connectivity index (χ3v) is 4.71. The monoisotopic (exact) mass is 334 g/mol. The molecule has 2 heterocycles. The molecular weight excluding hydrogens is 311 g/mol. The molecule has 3 rings (SSSR count). The first-order valence-electron chi connectivity index (χ1n) is 8.41. The molecule has 2 aliphatic rings. The van der Waals surface area contributed by atoms with Gasteiger partial charge in [0.25, 0.3) is 0 Å². The van der Waals surface area contributed by atoms with Crippen molar-refractivity contribution in [2.24, 2.45) is 5.92 Å². The van der Waals surface area contributed by atoms with Crippen LogP contribution >= 0.6 is 0 Å². The lowest BCUT2D eigenvalue weighted by Gasteiger charge is -2.28. The first-order chi connectivity index (χ1) is 11.5. The van der Waals surface area contributed by atoms with Gasteiger partial charge in [0.05, 0.1) is 12.0 Å². The highest BCUT2D eigenvalue weighted by Crippen LogP contribution is 2.22. The Kier molecular flexibility index (Phi) is 5.14. The highest BCUT2D eigenvalue weighted by atomic mass is 19.1. The minimum atomic E-state index is -0.322. The van der Waals surface area contributed by atoms with Crippen LogP contribution in [-0.4, -0.2) is 54.5 Å². The number of hydrogen-bond acceptors (Lipinski definition) is 3. The van der Waals surface area contributed by atoms with Crippen LogP contribution in [0.3, 0.4) is 0 Å². The Hall–Kier alpha value is -1.95. The number of rotatable bonds is 5. The lowest BCUT2D eigenvalue weighted by Crippen LogP contribution is -2.41. The number of hydrogen-bond donors (Lipinski definition) is 0. The van der Waals surface area contributed by atoms with Gasteiger partial charge >= 0.3 is 0 Å². The van der Waals surface area contributed by atoms with E-state index in [0.717, 1.165) is 25.0 Å². The minimum absolute atomic E-state index is 0.00354. The molecule has 6 heteroatoms. The van der Waals surface area contributed by atoms with Crippen molar-refractivity contribution in [3.63, 3.8) is 0 Å². The normalized spacial score (nSPS) is 23.8. The molecule has 2 atom stereocenters. The first-order valence-corrected chi connectivity index (χ1v) is 8.41. The van der Waals surface area contributed by atoms with Gasteiger partial charge in [0.2, 0.25) is 11.8 Å². The van der Waals surface area contributed by atoms with Gasteiger partial charge < -0.3 is 14.5 Å². The van der Waals surface area contributed by atoms with E-state index in [9.17, 15) is 14.0 Å². The summed E-state index contributed by atoms with van der Waals surface area (Å²) in [6.07, 6.45) is 2.20. The Morgan fingerprint density at radius 3 is 2.92 bits per heavy atom. The van der Waals surface area contributed by atoms with E-state index in [0.29, 0.717) is 19.6 Å². The molecule has 5 nitrogen and oxygen atoms in total. The molecule has 2 amide bonds. The van der Waals surface area contributed by atoms with Gasteiger partial charge in [-0.3, -0.25) is 9.59 Å². The van der Waals surface area contributed by atoms with Crippen molar-refractivity contribution in [3.05, 3.63) is 35.6 Å². The predicted octanol–water partition coefficient (Wildman–Crippen LogP) is 1.81. The minimum Gasteiger partial charge on any atom is -0.376 e. The third-order valence-electron chi connectivity index (χ3n) is 4.71. The van der Waals surface area contributed by atoms with E-state index in [1.807, 2.05) is 6.07 Å². The van der Waals surface area contributed by atoms with E-state index >= 15 is 0 Å². The summed E-state index contributed by atoms with van der Waals surface area (Å²) in [5.74, 6) is -0.686. The van der Waals surface area contributed by atoms with E-state index in [-0.39, 0.29) is 36.1 Å². The van der Waals surface area contributed by atoms with Gasteiger partial charge in [0.1, 0.15) is 5.82 Å². The van der Waals surface area contributed by atoms with Crippen LogP contribution in [0.4, 0.5) is 4.39 Å². The SMILES string of the molecule is CN1C[C@@H](C(=O)N(Cc2cccc(F)c2)C[C@@H]2CCCO2)CC1=O. The maximum atomic E-state index is 13.4. The average Bonchev–Trinajstić information content (AvgIpc) is 3.16. The lowest BCUT2D eigenvalue weighted by atomic mass is 10.1. The fourth-order valence-corrected chi connectivity index (χ4v) is 3.41. The summed E-state index contributed by atoms with van der Waals surface area (Å²) in [6.45, 7) is 1.99. The van der Waals surface area contributed by atoms with E-state index < -0.39 is 0 Å². The van der Waals surface area contributed by atoms with Crippen LogP contribution in [0.15, 0.2) is 24.3 Å². The van der Waals surface area contributed by atoms with Crippen molar-refractivity contribution in [2.75, 3.05) is 26.7 Å².